The van der Waals surface area contributed by atoms with Crippen molar-refractivity contribution in [2.45, 2.75) is 51.7 Å². The highest BCUT2D eigenvalue weighted by Gasteiger charge is 2.24. The Bertz CT molecular complexity index is 971. The van der Waals surface area contributed by atoms with E-state index in [1.54, 1.807) is 18.2 Å². The Morgan fingerprint density at radius 3 is 2.62 bits per heavy atom. The topological polar surface area (TPSA) is 96.4 Å². The molecule has 1 aliphatic heterocycles. The summed E-state index contributed by atoms with van der Waals surface area (Å²) in [5.41, 5.74) is -0.118. The first kappa shape index (κ1) is 21.3. The summed E-state index contributed by atoms with van der Waals surface area (Å²) in [6.07, 6.45) is 3.64. The number of amides is 1. The minimum atomic E-state index is -0.509. The second-order valence-electron chi connectivity index (χ2n) is 7.76. The molecule has 1 aromatic heterocycles. The molecule has 0 spiro atoms. The lowest BCUT2D eigenvalue weighted by Gasteiger charge is -2.39. The maximum absolute atomic E-state index is 12.5. The standard InChI is InChI=1S/C21H30N4O4/c1-14-5-4-6-15(2)24(14)10-9-22-19(26)16-7-8-17-18(13-16)23-21(28)25(20(17)27)11-12-29-3/h7-8,13-15H,4-6,9-12H2,1-3H3,(H,22,26)(H,23,28)/t14-,15-/m0/s1. The van der Waals surface area contributed by atoms with E-state index in [0.717, 1.165) is 11.1 Å². The van der Waals surface area contributed by atoms with Crippen LogP contribution < -0.4 is 16.6 Å². The average Bonchev–Trinajstić information content (AvgIpc) is 2.69. The third kappa shape index (κ3) is 4.76. The van der Waals surface area contributed by atoms with Gasteiger partial charge in [0.25, 0.3) is 11.5 Å². The quantitative estimate of drug-likeness (QED) is 0.728. The molecule has 158 valence electrons. The van der Waals surface area contributed by atoms with Crippen molar-refractivity contribution < 1.29 is 9.53 Å². The molecule has 2 N–H and O–H groups in total. The summed E-state index contributed by atoms with van der Waals surface area (Å²) >= 11 is 0. The number of hydrogen-bond acceptors (Lipinski definition) is 5. The van der Waals surface area contributed by atoms with Crippen LogP contribution in [-0.2, 0) is 11.3 Å². The summed E-state index contributed by atoms with van der Waals surface area (Å²) in [6, 6.07) is 5.81. The molecule has 0 bridgehead atoms. The number of benzene rings is 1. The Labute approximate surface area is 169 Å². The fraction of sp³-hybridized carbons (Fsp3) is 0.571. The normalized spacial score (nSPS) is 20.1. The van der Waals surface area contributed by atoms with Crippen molar-refractivity contribution >= 4 is 16.8 Å². The van der Waals surface area contributed by atoms with Crippen LogP contribution in [0.25, 0.3) is 10.9 Å². The molecule has 8 nitrogen and oxygen atoms in total. The predicted octanol–water partition coefficient (Wildman–Crippen LogP) is 1.33. The Hall–Kier alpha value is -2.45. The van der Waals surface area contributed by atoms with Crippen LogP contribution in [0, 0.1) is 0 Å². The van der Waals surface area contributed by atoms with Crippen molar-refractivity contribution in [2.24, 2.45) is 0 Å². The number of hydrogen-bond donors (Lipinski definition) is 2. The number of carbonyl (C=O) groups excluding carboxylic acids is 1. The van der Waals surface area contributed by atoms with Crippen molar-refractivity contribution in [1.82, 2.24) is 19.8 Å². The summed E-state index contributed by atoms with van der Waals surface area (Å²) < 4.78 is 6.05. The molecule has 1 amide bonds. The lowest BCUT2D eigenvalue weighted by molar-refractivity contribution is 0.0889. The first-order chi connectivity index (χ1) is 13.9. The number of piperidine rings is 1. The van der Waals surface area contributed by atoms with Crippen LogP contribution in [-0.4, -0.2) is 59.2 Å². The molecule has 1 saturated heterocycles. The molecule has 2 heterocycles. The monoisotopic (exact) mass is 402 g/mol. The highest BCUT2D eigenvalue weighted by atomic mass is 16.5. The predicted molar refractivity (Wildman–Crippen MR) is 113 cm³/mol. The second-order valence-corrected chi connectivity index (χ2v) is 7.76. The molecule has 0 unspecified atom stereocenters. The van der Waals surface area contributed by atoms with Crippen LogP contribution in [0.2, 0.25) is 0 Å². The van der Waals surface area contributed by atoms with E-state index in [0.29, 0.717) is 35.1 Å². The Morgan fingerprint density at radius 1 is 1.21 bits per heavy atom. The van der Waals surface area contributed by atoms with E-state index in [-0.39, 0.29) is 24.6 Å². The van der Waals surface area contributed by atoms with Crippen LogP contribution in [0.15, 0.2) is 27.8 Å². The number of nitrogens with zero attached hydrogens (tertiary/aromatic N) is 2. The summed E-state index contributed by atoms with van der Waals surface area (Å²) in [4.78, 5) is 42.4. The Balaban J connectivity index is 1.70. The Morgan fingerprint density at radius 2 is 1.93 bits per heavy atom. The molecule has 29 heavy (non-hydrogen) atoms. The van der Waals surface area contributed by atoms with Crippen LogP contribution in [0.4, 0.5) is 0 Å². The van der Waals surface area contributed by atoms with E-state index >= 15 is 0 Å². The molecule has 2 aromatic rings. The maximum Gasteiger partial charge on any atom is 0.328 e. The number of likely N-dealkylation sites (tertiary alicyclic amines) is 1. The van der Waals surface area contributed by atoms with Gasteiger partial charge >= 0.3 is 5.69 Å². The number of ether oxygens (including phenoxy) is 1. The average molecular weight is 402 g/mol. The molecule has 0 aliphatic carbocycles. The highest BCUT2D eigenvalue weighted by molar-refractivity contribution is 5.97. The van der Waals surface area contributed by atoms with Crippen molar-refractivity contribution in [1.29, 1.82) is 0 Å². The minimum Gasteiger partial charge on any atom is -0.383 e. The molecule has 1 aliphatic rings. The van der Waals surface area contributed by atoms with Crippen molar-refractivity contribution in [3.63, 3.8) is 0 Å². The third-order valence-corrected chi connectivity index (χ3v) is 5.79. The van der Waals surface area contributed by atoms with Gasteiger partial charge in [0.2, 0.25) is 0 Å². The van der Waals surface area contributed by atoms with Gasteiger partial charge in [0.05, 0.1) is 24.1 Å². The molecule has 0 radical (unpaired) electrons. The van der Waals surface area contributed by atoms with Crippen LogP contribution in [0.1, 0.15) is 43.5 Å². The van der Waals surface area contributed by atoms with Gasteiger partial charge in [0, 0.05) is 37.8 Å². The van der Waals surface area contributed by atoms with Crippen LogP contribution >= 0.6 is 0 Å². The van der Waals surface area contributed by atoms with E-state index in [4.69, 9.17) is 4.74 Å². The zero-order valence-corrected chi connectivity index (χ0v) is 17.4. The largest absolute Gasteiger partial charge is 0.383 e. The first-order valence-electron chi connectivity index (χ1n) is 10.2. The lowest BCUT2D eigenvalue weighted by atomic mass is 9.98. The highest BCUT2D eigenvalue weighted by Crippen LogP contribution is 2.21. The number of carbonyl (C=O) groups is 1. The van der Waals surface area contributed by atoms with Gasteiger partial charge in [-0.3, -0.25) is 19.1 Å². The van der Waals surface area contributed by atoms with Gasteiger partial charge in [-0.05, 0) is 44.9 Å². The second kappa shape index (κ2) is 9.37. The van der Waals surface area contributed by atoms with E-state index in [2.05, 4.69) is 29.0 Å². The smallest absolute Gasteiger partial charge is 0.328 e. The van der Waals surface area contributed by atoms with Gasteiger partial charge in [-0.2, -0.15) is 0 Å². The SMILES string of the molecule is COCCn1c(=O)[nH]c2cc(C(=O)NCCN3[C@@H](C)CCC[C@@H]3C)ccc2c1=O. The zero-order chi connectivity index (χ0) is 21.0. The summed E-state index contributed by atoms with van der Waals surface area (Å²) in [5.74, 6) is -0.214. The molecule has 0 saturated carbocycles. The molecule has 8 heteroatoms. The van der Waals surface area contributed by atoms with E-state index in [9.17, 15) is 14.4 Å². The van der Waals surface area contributed by atoms with Crippen molar-refractivity contribution in [3.8, 4) is 0 Å². The van der Waals surface area contributed by atoms with Crippen LogP contribution in [0.5, 0.6) is 0 Å². The molecular formula is C21H30N4O4. The van der Waals surface area contributed by atoms with Gasteiger partial charge < -0.3 is 15.0 Å². The zero-order valence-electron chi connectivity index (χ0n) is 17.4. The summed E-state index contributed by atoms with van der Waals surface area (Å²) in [7, 11) is 1.51. The van der Waals surface area contributed by atoms with E-state index in [1.165, 1.54) is 26.4 Å². The first-order valence-corrected chi connectivity index (χ1v) is 10.2. The minimum absolute atomic E-state index is 0.177. The number of aromatic amines is 1. The van der Waals surface area contributed by atoms with Gasteiger partial charge in [0.15, 0.2) is 0 Å². The molecule has 1 aromatic carbocycles. The third-order valence-electron chi connectivity index (χ3n) is 5.79. The maximum atomic E-state index is 12.5. The summed E-state index contributed by atoms with van der Waals surface area (Å²) in [5, 5.41) is 3.32. The van der Waals surface area contributed by atoms with Gasteiger partial charge in [-0.25, -0.2) is 4.79 Å². The molecule has 2 atom stereocenters. The Kier molecular flexibility index (Phi) is 6.87. The number of nitrogens with one attached hydrogen (secondary N) is 2. The van der Waals surface area contributed by atoms with Gasteiger partial charge in [-0.1, -0.05) is 6.42 Å². The fourth-order valence-corrected chi connectivity index (χ4v) is 4.10. The fourth-order valence-electron chi connectivity index (χ4n) is 4.10. The van der Waals surface area contributed by atoms with Crippen molar-refractivity contribution in [3.05, 3.63) is 44.6 Å². The van der Waals surface area contributed by atoms with Gasteiger partial charge in [-0.15, -0.1) is 0 Å². The number of rotatable bonds is 7. The van der Waals surface area contributed by atoms with E-state index in [1.807, 2.05) is 0 Å². The van der Waals surface area contributed by atoms with Crippen molar-refractivity contribution in [2.75, 3.05) is 26.8 Å². The van der Waals surface area contributed by atoms with Gasteiger partial charge in [0.1, 0.15) is 0 Å². The molecule has 3 rings (SSSR count). The number of fused-ring (bicyclic) bond motifs is 1. The lowest BCUT2D eigenvalue weighted by Crippen LogP contribution is -2.47. The number of methoxy groups -OCH3 is 1. The summed E-state index contributed by atoms with van der Waals surface area (Å²) in [6.45, 7) is 6.27. The number of aromatic nitrogens is 2. The van der Waals surface area contributed by atoms with Crippen LogP contribution in [0.3, 0.4) is 0 Å². The molecular weight excluding hydrogens is 372 g/mol. The number of H-pyrrole nitrogens is 1. The molecule has 1 fully saturated rings. The van der Waals surface area contributed by atoms with E-state index < -0.39 is 5.69 Å².